The maximum atomic E-state index is 12.0. The highest BCUT2D eigenvalue weighted by molar-refractivity contribution is 7.91. The van der Waals surface area contributed by atoms with Crippen molar-refractivity contribution in [1.82, 2.24) is 10.3 Å². The summed E-state index contributed by atoms with van der Waals surface area (Å²) < 4.78 is 22.7. The first-order valence-electron chi connectivity index (χ1n) is 6.59. The first-order chi connectivity index (χ1) is 9.35. The third-order valence-electron chi connectivity index (χ3n) is 3.02. The molecule has 2 rings (SSSR count). The standard InChI is InChI=1S/C13H19N3O3S/c1-9(2)15-10-3-4-12(14-7-10)13(17)16-11-5-6-20(18,19)8-11/h3-4,7,9,11,15H,5-6,8H2,1-2H3,(H,16,17). The minimum Gasteiger partial charge on any atom is -0.382 e. The van der Waals surface area contributed by atoms with E-state index in [0.717, 1.165) is 5.69 Å². The summed E-state index contributed by atoms with van der Waals surface area (Å²) in [6.45, 7) is 4.03. The monoisotopic (exact) mass is 297 g/mol. The Labute approximate surface area is 118 Å². The van der Waals surface area contributed by atoms with E-state index in [1.807, 2.05) is 13.8 Å². The molecule has 7 heteroatoms. The molecule has 1 unspecified atom stereocenters. The molecule has 110 valence electrons. The quantitative estimate of drug-likeness (QED) is 0.859. The molecule has 1 aromatic rings. The van der Waals surface area contributed by atoms with E-state index in [2.05, 4.69) is 15.6 Å². The number of amides is 1. The van der Waals surface area contributed by atoms with Gasteiger partial charge in [-0.25, -0.2) is 13.4 Å². The Morgan fingerprint density at radius 1 is 1.40 bits per heavy atom. The van der Waals surface area contributed by atoms with Crippen LogP contribution in [0.3, 0.4) is 0 Å². The molecule has 20 heavy (non-hydrogen) atoms. The van der Waals surface area contributed by atoms with Gasteiger partial charge in [0.15, 0.2) is 9.84 Å². The van der Waals surface area contributed by atoms with E-state index < -0.39 is 9.84 Å². The molecule has 6 nitrogen and oxygen atoms in total. The van der Waals surface area contributed by atoms with E-state index in [-0.39, 0.29) is 23.5 Å². The molecule has 1 fully saturated rings. The summed E-state index contributed by atoms with van der Waals surface area (Å²) in [5.41, 5.74) is 1.14. The predicted octanol–water partition coefficient (Wildman–Crippen LogP) is 0.819. The Morgan fingerprint density at radius 2 is 2.15 bits per heavy atom. The highest BCUT2D eigenvalue weighted by Gasteiger charge is 2.29. The summed E-state index contributed by atoms with van der Waals surface area (Å²) >= 11 is 0. The van der Waals surface area contributed by atoms with Crippen molar-refractivity contribution in [3.8, 4) is 0 Å². The number of anilines is 1. The lowest BCUT2D eigenvalue weighted by atomic mass is 10.2. The third-order valence-corrected chi connectivity index (χ3v) is 4.79. The van der Waals surface area contributed by atoms with Crippen LogP contribution in [0.5, 0.6) is 0 Å². The third kappa shape index (κ3) is 3.93. The number of carbonyl (C=O) groups excluding carboxylic acids is 1. The molecule has 0 saturated carbocycles. The van der Waals surface area contributed by atoms with Crippen molar-refractivity contribution in [1.29, 1.82) is 0 Å². The molecule has 0 aliphatic carbocycles. The molecule has 1 aromatic heterocycles. The molecule has 1 amide bonds. The van der Waals surface area contributed by atoms with Crippen molar-refractivity contribution >= 4 is 21.4 Å². The van der Waals surface area contributed by atoms with Gasteiger partial charge in [-0.05, 0) is 32.4 Å². The predicted molar refractivity (Wildman–Crippen MR) is 77.5 cm³/mol. The SMILES string of the molecule is CC(C)Nc1ccc(C(=O)NC2CCS(=O)(=O)C2)nc1. The number of hydrogen-bond acceptors (Lipinski definition) is 5. The lowest BCUT2D eigenvalue weighted by molar-refractivity contribution is 0.0936. The summed E-state index contributed by atoms with van der Waals surface area (Å²) in [4.78, 5) is 16.0. The summed E-state index contributed by atoms with van der Waals surface area (Å²) in [7, 11) is -2.99. The van der Waals surface area contributed by atoms with Crippen molar-refractivity contribution in [2.45, 2.75) is 32.4 Å². The number of nitrogens with one attached hydrogen (secondary N) is 2. The number of carbonyl (C=O) groups is 1. The molecule has 1 aliphatic heterocycles. The topological polar surface area (TPSA) is 88.2 Å². The van der Waals surface area contributed by atoms with Crippen LogP contribution in [-0.4, -0.2) is 42.9 Å². The van der Waals surface area contributed by atoms with Gasteiger partial charge in [-0.3, -0.25) is 4.79 Å². The Balaban J connectivity index is 1.96. The molecule has 2 N–H and O–H groups in total. The van der Waals surface area contributed by atoms with E-state index in [4.69, 9.17) is 0 Å². The molecule has 1 saturated heterocycles. The van der Waals surface area contributed by atoms with Crippen molar-refractivity contribution in [3.63, 3.8) is 0 Å². The zero-order valence-electron chi connectivity index (χ0n) is 11.6. The lowest BCUT2D eigenvalue weighted by Gasteiger charge is -2.12. The fraction of sp³-hybridized carbons (Fsp3) is 0.538. The number of pyridine rings is 1. The molecule has 0 radical (unpaired) electrons. The average Bonchev–Trinajstić information content (AvgIpc) is 2.68. The van der Waals surface area contributed by atoms with Gasteiger partial charge in [-0.15, -0.1) is 0 Å². The first kappa shape index (κ1) is 14.8. The van der Waals surface area contributed by atoms with Crippen LogP contribution in [0.15, 0.2) is 18.3 Å². The summed E-state index contributed by atoms with van der Waals surface area (Å²) in [5, 5.41) is 5.89. The van der Waals surface area contributed by atoms with Gasteiger partial charge in [-0.1, -0.05) is 0 Å². The van der Waals surface area contributed by atoms with E-state index in [1.54, 1.807) is 18.3 Å². The van der Waals surface area contributed by atoms with Crippen LogP contribution in [-0.2, 0) is 9.84 Å². The van der Waals surface area contributed by atoms with Crippen LogP contribution in [0.1, 0.15) is 30.8 Å². The van der Waals surface area contributed by atoms with Crippen LogP contribution in [0.2, 0.25) is 0 Å². The van der Waals surface area contributed by atoms with Crippen LogP contribution in [0.4, 0.5) is 5.69 Å². The number of aromatic nitrogens is 1. The molecule has 1 atom stereocenters. The Hall–Kier alpha value is -1.63. The Kier molecular flexibility index (Phi) is 4.27. The van der Waals surface area contributed by atoms with E-state index in [0.29, 0.717) is 18.2 Å². The van der Waals surface area contributed by atoms with Gasteiger partial charge in [0.05, 0.1) is 23.4 Å². The van der Waals surface area contributed by atoms with E-state index in [1.165, 1.54) is 0 Å². The second-order valence-corrected chi connectivity index (χ2v) is 7.53. The molecule has 1 aliphatic rings. The van der Waals surface area contributed by atoms with E-state index >= 15 is 0 Å². The maximum absolute atomic E-state index is 12.0. The summed E-state index contributed by atoms with van der Waals surface area (Å²) in [6, 6.07) is 3.40. The zero-order valence-corrected chi connectivity index (χ0v) is 12.4. The minimum absolute atomic E-state index is 0.0196. The zero-order chi connectivity index (χ0) is 14.8. The molecule has 0 aromatic carbocycles. The van der Waals surface area contributed by atoms with Gasteiger partial charge in [0.1, 0.15) is 5.69 Å². The molecule has 0 spiro atoms. The van der Waals surface area contributed by atoms with Crippen molar-refractivity contribution in [2.24, 2.45) is 0 Å². The largest absolute Gasteiger partial charge is 0.382 e. The first-order valence-corrected chi connectivity index (χ1v) is 8.42. The second-order valence-electron chi connectivity index (χ2n) is 5.30. The lowest BCUT2D eigenvalue weighted by Crippen LogP contribution is -2.36. The number of nitrogens with zero attached hydrogens (tertiary/aromatic N) is 1. The van der Waals surface area contributed by atoms with Crippen LogP contribution in [0.25, 0.3) is 0 Å². The maximum Gasteiger partial charge on any atom is 0.270 e. The normalized spacial score (nSPS) is 20.9. The van der Waals surface area contributed by atoms with Gasteiger partial charge >= 0.3 is 0 Å². The average molecular weight is 297 g/mol. The van der Waals surface area contributed by atoms with Crippen LogP contribution in [0, 0.1) is 0 Å². The minimum atomic E-state index is -2.99. The number of hydrogen-bond donors (Lipinski definition) is 2. The van der Waals surface area contributed by atoms with Crippen LogP contribution >= 0.6 is 0 Å². The number of sulfone groups is 1. The van der Waals surface area contributed by atoms with Gasteiger partial charge in [0, 0.05) is 12.1 Å². The van der Waals surface area contributed by atoms with Crippen LogP contribution < -0.4 is 10.6 Å². The number of rotatable bonds is 4. The molecule has 2 heterocycles. The van der Waals surface area contributed by atoms with Crippen molar-refractivity contribution in [2.75, 3.05) is 16.8 Å². The fourth-order valence-electron chi connectivity index (χ4n) is 2.12. The van der Waals surface area contributed by atoms with Gasteiger partial charge in [-0.2, -0.15) is 0 Å². The highest BCUT2D eigenvalue weighted by atomic mass is 32.2. The van der Waals surface area contributed by atoms with Gasteiger partial charge in [0.25, 0.3) is 5.91 Å². The Bertz CT molecular complexity index is 581. The second kappa shape index (κ2) is 5.78. The molecular weight excluding hydrogens is 278 g/mol. The van der Waals surface area contributed by atoms with Crippen molar-refractivity contribution in [3.05, 3.63) is 24.0 Å². The summed E-state index contributed by atoms with van der Waals surface area (Å²) in [6.07, 6.45) is 2.07. The Morgan fingerprint density at radius 3 is 2.65 bits per heavy atom. The molecule has 0 bridgehead atoms. The highest BCUT2D eigenvalue weighted by Crippen LogP contribution is 2.12. The molecular formula is C13H19N3O3S. The van der Waals surface area contributed by atoms with Gasteiger partial charge < -0.3 is 10.6 Å². The van der Waals surface area contributed by atoms with E-state index in [9.17, 15) is 13.2 Å². The smallest absolute Gasteiger partial charge is 0.270 e. The van der Waals surface area contributed by atoms with Crippen molar-refractivity contribution < 1.29 is 13.2 Å². The summed E-state index contributed by atoms with van der Waals surface area (Å²) in [5.74, 6) is -0.169. The van der Waals surface area contributed by atoms with Gasteiger partial charge in [0.2, 0.25) is 0 Å². The fourth-order valence-corrected chi connectivity index (χ4v) is 3.79.